The fraction of sp³-hybridized carbons (Fsp3) is 0.692. The molecule has 2 N–H and O–H groups in total. The van der Waals surface area contributed by atoms with Crippen LogP contribution in [0, 0.1) is 5.92 Å². The van der Waals surface area contributed by atoms with E-state index in [0.29, 0.717) is 12.1 Å². The summed E-state index contributed by atoms with van der Waals surface area (Å²) in [5, 5.41) is 12.1. The first kappa shape index (κ1) is 24.0. The molecule has 4 rings (SSSR count). The summed E-state index contributed by atoms with van der Waals surface area (Å²) in [6.45, 7) is 5.60. The Labute approximate surface area is 198 Å². The van der Waals surface area contributed by atoms with Gasteiger partial charge in [0.2, 0.25) is 0 Å². The van der Waals surface area contributed by atoms with E-state index < -0.39 is 5.97 Å². The van der Waals surface area contributed by atoms with Gasteiger partial charge in [-0.1, -0.05) is 30.3 Å². The Morgan fingerprint density at radius 3 is 2.33 bits per heavy atom. The van der Waals surface area contributed by atoms with Crippen molar-refractivity contribution in [1.82, 2.24) is 20.0 Å². The molecule has 1 unspecified atom stereocenters. The lowest BCUT2D eigenvalue weighted by Gasteiger charge is -2.46. The zero-order chi connectivity index (χ0) is 23.0. The second-order valence-electron chi connectivity index (χ2n) is 10.1. The van der Waals surface area contributed by atoms with Gasteiger partial charge < -0.3 is 15.3 Å². The number of carbonyl (C=O) groups is 2. The minimum atomic E-state index is -0.707. The summed E-state index contributed by atoms with van der Waals surface area (Å²) in [7, 11) is 0. The van der Waals surface area contributed by atoms with Crippen molar-refractivity contribution in [2.24, 2.45) is 5.92 Å². The highest BCUT2D eigenvalue weighted by Gasteiger charge is 2.32. The number of carboxylic acid groups (broad SMARTS) is 1. The molecule has 0 aromatic heterocycles. The summed E-state index contributed by atoms with van der Waals surface area (Å²) >= 11 is 0. The summed E-state index contributed by atoms with van der Waals surface area (Å²) in [6.07, 6.45) is 9.23. The maximum absolute atomic E-state index is 12.9. The van der Waals surface area contributed by atoms with Crippen LogP contribution < -0.4 is 5.32 Å². The molecule has 0 radical (unpaired) electrons. The van der Waals surface area contributed by atoms with Crippen molar-refractivity contribution in [1.29, 1.82) is 0 Å². The molecule has 0 bridgehead atoms. The Hall–Kier alpha value is -2.12. The number of piperidine rings is 1. The van der Waals surface area contributed by atoms with E-state index in [2.05, 4.69) is 45.4 Å². The number of carboxylic acids is 1. The van der Waals surface area contributed by atoms with Crippen LogP contribution in [0.5, 0.6) is 0 Å². The molecule has 182 valence electrons. The molecule has 2 saturated heterocycles. The van der Waals surface area contributed by atoms with Gasteiger partial charge in [0.1, 0.15) is 0 Å². The predicted molar refractivity (Wildman–Crippen MR) is 129 cm³/mol. The number of carbonyl (C=O) groups excluding carboxylic acids is 1. The largest absolute Gasteiger partial charge is 0.481 e. The molecule has 3 fully saturated rings. The summed E-state index contributed by atoms with van der Waals surface area (Å²) in [5.74, 6) is -0.215. The molecule has 7 nitrogen and oxygen atoms in total. The number of likely N-dealkylation sites (tertiary alicyclic amines) is 1. The standard InChI is InChI=1S/C26H40N4O3/c31-25(32)14-11-21-9-12-23(13-10-21)27-26(33)29-18-16-28(17-19-29)24-8-4-5-15-30(24)20-22-6-2-1-3-7-22/h1-3,6-7,21,23-24H,4-5,8-20H2,(H,27,33)(H,31,32). The summed E-state index contributed by atoms with van der Waals surface area (Å²) < 4.78 is 0. The molecule has 2 heterocycles. The van der Waals surface area contributed by atoms with Gasteiger partial charge in [-0.25, -0.2) is 4.79 Å². The average molecular weight is 457 g/mol. The van der Waals surface area contributed by atoms with E-state index in [9.17, 15) is 9.59 Å². The van der Waals surface area contributed by atoms with Gasteiger partial charge in [-0.15, -0.1) is 0 Å². The van der Waals surface area contributed by atoms with E-state index in [0.717, 1.165) is 71.4 Å². The molecule has 1 aliphatic carbocycles. The third-order valence-electron chi connectivity index (χ3n) is 7.77. The van der Waals surface area contributed by atoms with Crippen LogP contribution in [0.25, 0.3) is 0 Å². The van der Waals surface area contributed by atoms with Gasteiger partial charge >= 0.3 is 12.0 Å². The highest BCUT2D eigenvalue weighted by atomic mass is 16.4. The number of hydrogen-bond acceptors (Lipinski definition) is 4. The number of amides is 2. The van der Waals surface area contributed by atoms with Crippen LogP contribution in [0.1, 0.15) is 63.4 Å². The van der Waals surface area contributed by atoms with Gasteiger partial charge in [0.05, 0.1) is 6.17 Å². The minimum absolute atomic E-state index is 0.0772. The molecule has 3 aliphatic rings. The van der Waals surface area contributed by atoms with E-state index in [1.54, 1.807) is 0 Å². The van der Waals surface area contributed by atoms with E-state index in [4.69, 9.17) is 5.11 Å². The molecule has 0 spiro atoms. The maximum atomic E-state index is 12.9. The van der Waals surface area contributed by atoms with Crippen LogP contribution in [-0.4, -0.2) is 76.7 Å². The lowest BCUT2D eigenvalue weighted by molar-refractivity contribution is -0.137. The van der Waals surface area contributed by atoms with Gasteiger partial charge in [-0.05, 0) is 69.4 Å². The number of aliphatic carboxylic acids is 1. The number of nitrogens with one attached hydrogen (secondary N) is 1. The molecule has 2 amide bonds. The average Bonchev–Trinajstić information content (AvgIpc) is 2.85. The van der Waals surface area contributed by atoms with Crippen molar-refractivity contribution in [2.45, 2.75) is 76.5 Å². The first-order valence-electron chi connectivity index (χ1n) is 12.9. The number of rotatable bonds is 7. The zero-order valence-corrected chi connectivity index (χ0v) is 19.8. The third-order valence-corrected chi connectivity index (χ3v) is 7.77. The van der Waals surface area contributed by atoms with Crippen molar-refractivity contribution in [3.8, 4) is 0 Å². The second kappa shape index (κ2) is 11.8. The van der Waals surface area contributed by atoms with Crippen molar-refractivity contribution in [3.63, 3.8) is 0 Å². The molecule has 1 saturated carbocycles. The zero-order valence-electron chi connectivity index (χ0n) is 19.8. The highest BCUT2D eigenvalue weighted by Crippen LogP contribution is 2.28. The second-order valence-corrected chi connectivity index (χ2v) is 10.1. The topological polar surface area (TPSA) is 76.1 Å². The lowest BCUT2D eigenvalue weighted by atomic mass is 9.83. The van der Waals surface area contributed by atoms with Crippen LogP contribution in [0.15, 0.2) is 30.3 Å². The quantitative estimate of drug-likeness (QED) is 0.654. The summed E-state index contributed by atoms with van der Waals surface area (Å²) in [6, 6.07) is 11.1. The lowest BCUT2D eigenvalue weighted by Crippen LogP contribution is -2.59. The van der Waals surface area contributed by atoms with E-state index >= 15 is 0 Å². The number of urea groups is 1. The van der Waals surface area contributed by atoms with Crippen LogP contribution >= 0.6 is 0 Å². The van der Waals surface area contributed by atoms with Gasteiger partial charge in [0.25, 0.3) is 0 Å². The van der Waals surface area contributed by atoms with Crippen molar-refractivity contribution in [3.05, 3.63) is 35.9 Å². The molecule has 2 aliphatic heterocycles. The Kier molecular flexibility index (Phi) is 8.62. The predicted octanol–water partition coefficient (Wildman–Crippen LogP) is 3.75. The van der Waals surface area contributed by atoms with Crippen LogP contribution in [-0.2, 0) is 11.3 Å². The van der Waals surface area contributed by atoms with Crippen molar-refractivity contribution >= 4 is 12.0 Å². The molecule has 1 aromatic carbocycles. The Morgan fingerprint density at radius 2 is 1.64 bits per heavy atom. The Balaban J connectivity index is 1.20. The van der Waals surface area contributed by atoms with Crippen LogP contribution in [0.4, 0.5) is 4.79 Å². The SMILES string of the molecule is O=C(O)CCC1CCC(NC(=O)N2CCN(C3CCCCN3Cc3ccccc3)CC2)CC1. The number of nitrogens with zero attached hydrogens (tertiary/aromatic N) is 3. The van der Waals surface area contributed by atoms with Crippen molar-refractivity contribution < 1.29 is 14.7 Å². The first-order valence-corrected chi connectivity index (χ1v) is 12.9. The molecular weight excluding hydrogens is 416 g/mol. The highest BCUT2D eigenvalue weighted by molar-refractivity contribution is 5.74. The monoisotopic (exact) mass is 456 g/mol. The summed E-state index contributed by atoms with van der Waals surface area (Å²) in [4.78, 5) is 30.8. The Morgan fingerprint density at radius 1 is 0.909 bits per heavy atom. The number of hydrogen-bond donors (Lipinski definition) is 2. The fourth-order valence-corrected chi connectivity index (χ4v) is 5.80. The number of benzene rings is 1. The fourth-order valence-electron chi connectivity index (χ4n) is 5.80. The third kappa shape index (κ3) is 6.93. The van der Waals surface area contributed by atoms with Gasteiger partial charge in [-0.2, -0.15) is 0 Å². The molecular formula is C26H40N4O3. The molecule has 7 heteroatoms. The van der Waals surface area contributed by atoms with E-state index in [1.165, 1.54) is 24.8 Å². The number of piperazine rings is 1. The van der Waals surface area contributed by atoms with Crippen LogP contribution in [0.3, 0.4) is 0 Å². The van der Waals surface area contributed by atoms with E-state index in [-0.39, 0.29) is 18.5 Å². The minimum Gasteiger partial charge on any atom is -0.481 e. The molecule has 1 aromatic rings. The normalized spacial score (nSPS) is 27.3. The van der Waals surface area contributed by atoms with Gasteiger partial charge in [0.15, 0.2) is 0 Å². The molecule has 33 heavy (non-hydrogen) atoms. The maximum Gasteiger partial charge on any atom is 0.317 e. The van der Waals surface area contributed by atoms with Crippen molar-refractivity contribution in [2.75, 3.05) is 32.7 Å². The van der Waals surface area contributed by atoms with E-state index in [1.807, 2.05) is 4.90 Å². The van der Waals surface area contributed by atoms with Gasteiger partial charge in [-0.3, -0.25) is 14.6 Å². The first-order chi connectivity index (χ1) is 16.1. The van der Waals surface area contributed by atoms with Gasteiger partial charge in [0, 0.05) is 45.2 Å². The summed E-state index contributed by atoms with van der Waals surface area (Å²) in [5.41, 5.74) is 1.38. The molecule has 1 atom stereocenters. The Bertz CT molecular complexity index is 758. The van der Waals surface area contributed by atoms with Crippen LogP contribution in [0.2, 0.25) is 0 Å². The smallest absolute Gasteiger partial charge is 0.317 e.